The van der Waals surface area contributed by atoms with E-state index < -0.39 is 17.7 Å². The molecule has 1 aliphatic rings. The Bertz CT molecular complexity index is 303. The fourth-order valence-electron chi connectivity index (χ4n) is 2.34. The summed E-state index contributed by atoms with van der Waals surface area (Å²) in [6.45, 7) is 5.36. The van der Waals surface area contributed by atoms with Crippen LogP contribution < -0.4 is 5.32 Å². The van der Waals surface area contributed by atoms with Crippen LogP contribution in [0.3, 0.4) is 0 Å². The summed E-state index contributed by atoms with van der Waals surface area (Å²) in [4.78, 5) is 22.5. The first-order valence-electron chi connectivity index (χ1n) is 6.49. The number of carboxylic acids is 1. The molecule has 1 saturated carbocycles. The molecule has 0 aromatic carbocycles. The maximum atomic E-state index is 11.7. The molecule has 5 heteroatoms. The van der Waals surface area contributed by atoms with Crippen LogP contribution in [0, 0.1) is 5.92 Å². The maximum absolute atomic E-state index is 11.7. The minimum Gasteiger partial charge on any atom is -0.481 e. The molecule has 2 N–H and O–H groups in total. The quantitative estimate of drug-likeness (QED) is 0.811. The topological polar surface area (TPSA) is 75.6 Å². The normalized spacial score (nSPS) is 18.4. The second-order valence-electron chi connectivity index (χ2n) is 5.90. The Hall–Kier alpha value is -1.26. The van der Waals surface area contributed by atoms with Gasteiger partial charge >= 0.3 is 12.1 Å². The van der Waals surface area contributed by atoms with E-state index in [0.717, 1.165) is 25.7 Å². The van der Waals surface area contributed by atoms with E-state index in [1.54, 1.807) is 20.8 Å². The predicted octanol–water partition coefficient (Wildman–Crippen LogP) is 2.54. The molecule has 0 spiro atoms. The van der Waals surface area contributed by atoms with Gasteiger partial charge in [0.25, 0.3) is 0 Å². The van der Waals surface area contributed by atoms with Gasteiger partial charge in [0.2, 0.25) is 0 Å². The zero-order valence-electron chi connectivity index (χ0n) is 11.4. The van der Waals surface area contributed by atoms with Crippen molar-refractivity contribution in [1.29, 1.82) is 0 Å². The first-order valence-corrected chi connectivity index (χ1v) is 6.49. The van der Waals surface area contributed by atoms with Gasteiger partial charge in [-0.2, -0.15) is 0 Å². The Kier molecular flexibility index (Phi) is 4.99. The number of alkyl carbamates (subject to hydrolysis) is 1. The smallest absolute Gasteiger partial charge is 0.407 e. The lowest BCUT2D eigenvalue weighted by Crippen LogP contribution is -2.43. The van der Waals surface area contributed by atoms with Crippen molar-refractivity contribution in [3.63, 3.8) is 0 Å². The summed E-state index contributed by atoms with van der Waals surface area (Å²) in [7, 11) is 0. The summed E-state index contributed by atoms with van der Waals surface area (Å²) >= 11 is 0. The van der Waals surface area contributed by atoms with E-state index in [9.17, 15) is 9.59 Å². The van der Waals surface area contributed by atoms with E-state index in [4.69, 9.17) is 9.84 Å². The summed E-state index contributed by atoms with van der Waals surface area (Å²) < 4.78 is 5.17. The summed E-state index contributed by atoms with van der Waals surface area (Å²) in [5.41, 5.74) is -0.562. The van der Waals surface area contributed by atoms with Gasteiger partial charge in [-0.3, -0.25) is 4.79 Å². The standard InChI is InChI=1S/C13H23NO4/c1-13(2,3)18-12(17)14-10(8-11(15)16)9-6-4-5-7-9/h9-10H,4-8H2,1-3H3,(H,14,17)(H,15,16). The molecule has 1 unspecified atom stereocenters. The summed E-state index contributed by atoms with van der Waals surface area (Å²) in [6, 6.07) is -0.320. The molecule has 0 heterocycles. The highest BCUT2D eigenvalue weighted by molar-refractivity contribution is 5.71. The molecule has 18 heavy (non-hydrogen) atoms. The van der Waals surface area contributed by atoms with Gasteiger partial charge in [-0.15, -0.1) is 0 Å². The lowest BCUT2D eigenvalue weighted by Gasteiger charge is -2.26. The highest BCUT2D eigenvalue weighted by atomic mass is 16.6. The van der Waals surface area contributed by atoms with Crippen molar-refractivity contribution >= 4 is 12.1 Å². The number of hydrogen-bond acceptors (Lipinski definition) is 3. The van der Waals surface area contributed by atoms with Crippen molar-refractivity contribution in [1.82, 2.24) is 5.32 Å². The van der Waals surface area contributed by atoms with Crippen LogP contribution in [0.15, 0.2) is 0 Å². The Morgan fingerprint density at radius 2 is 1.89 bits per heavy atom. The fraction of sp³-hybridized carbons (Fsp3) is 0.846. The van der Waals surface area contributed by atoms with E-state index in [2.05, 4.69) is 5.32 Å². The van der Waals surface area contributed by atoms with E-state index in [-0.39, 0.29) is 18.4 Å². The van der Waals surface area contributed by atoms with Crippen LogP contribution in [0.1, 0.15) is 52.9 Å². The number of carbonyl (C=O) groups is 2. The van der Waals surface area contributed by atoms with Crippen LogP contribution in [0.5, 0.6) is 0 Å². The molecular formula is C13H23NO4. The summed E-state index contributed by atoms with van der Waals surface area (Å²) in [5.74, 6) is -0.628. The van der Waals surface area contributed by atoms with Crippen LogP contribution in [0.4, 0.5) is 4.79 Å². The number of carboxylic acid groups (broad SMARTS) is 1. The van der Waals surface area contributed by atoms with Gasteiger partial charge in [0, 0.05) is 6.04 Å². The number of aliphatic carboxylic acids is 1. The van der Waals surface area contributed by atoms with Crippen molar-refractivity contribution in [2.24, 2.45) is 5.92 Å². The van der Waals surface area contributed by atoms with Crippen LogP contribution in [-0.4, -0.2) is 28.8 Å². The second-order valence-corrected chi connectivity index (χ2v) is 5.90. The highest BCUT2D eigenvalue weighted by Gasteiger charge is 2.29. The number of ether oxygens (including phenoxy) is 1. The average Bonchev–Trinajstić information content (AvgIpc) is 2.64. The van der Waals surface area contributed by atoms with Crippen LogP contribution >= 0.6 is 0 Å². The largest absolute Gasteiger partial charge is 0.481 e. The highest BCUT2D eigenvalue weighted by Crippen LogP contribution is 2.29. The molecule has 1 aliphatic carbocycles. The minimum atomic E-state index is -0.886. The lowest BCUT2D eigenvalue weighted by atomic mass is 9.95. The van der Waals surface area contributed by atoms with E-state index in [0.29, 0.717) is 0 Å². The Labute approximate surface area is 108 Å². The molecule has 1 amide bonds. The summed E-state index contributed by atoms with van der Waals surface area (Å²) in [5, 5.41) is 11.6. The number of amides is 1. The number of hydrogen-bond donors (Lipinski definition) is 2. The second kappa shape index (κ2) is 6.07. The molecule has 1 rings (SSSR count). The first-order chi connectivity index (χ1) is 8.28. The molecule has 0 aromatic heterocycles. The van der Waals surface area contributed by atoms with E-state index in [1.165, 1.54) is 0 Å². The monoisotopic (exact) mass is 257 g/mol. The van der Waals surface area contributed by atoms with Crippen molar-refractivity contribution in [2.75, 3.05) is 0 Å². The van der Waals surface area contributed by atoms with Gasteiger partial charge in [0.15, 0.2) is 0 Å². The molecule has 0 bridgehead atoms. The van der Waals surface area contributed by atoms with Crippen LogP contribution in [0.2, 0.25) is 0 Å². The molecule has 104 valence electrons. The average molecular weight is 257 g/mol. The number of carbonyl (C=O) groups excluding carboxylic acids is 1. The number of nitrogens with one attached hydrogen (secondary N) is 1. The number of rotatable bonds is 4. The Balaban J connectivity index is 2.54. The van der Waals surface area contributed by atoms with Gasteiger partial charge in [-0.05, 0) is 39.5 Å². The van der Waals surface area contributed by atoms with Gasteiger partial charge < -0.3 is 15.2 Å². The van der Waals surface area contributed by atoms with Crippen LogP contribution in [-0.2, 0) is 9.53 Å². The van der Waals surface area contributed by atoms with Gasteiger partial charge in [0.1, 0.15) is 5.60 Å². The first kappa shape index (κ1) is 14.8. The van der Waals surface area contributed by atoms with Crippen LogP contribution in [0.25, 0.3) is 0 Å². The molecule has 5 nitrogen and oxygen atoms in total. The third-order valence-electron chi connectivity index (χ3n) is 3.07. The molecular weight excluding hydrogens is 234 g/mol. The van der Waals surface area contributed by atoms with E-state index in [1.807, 2.05) is 0 Å². The van der Waals surface area contributed by atoms with Gasteiger partial charge in [0.05, 0.1) is 6.42 Å². The van der Waals surface area contributed by atoms with Gasteiger partial charge in [-0.25, -0.2) is 4.79 Å². The summed E-state index contributed by atoms with van der Waals surface area (Å²) in [6.07, 6.45) is 3.61. The third-order valence-corrected chi connectivity index (χ3v) is 3.07. The van der Waals surface area contributed by atoms with Crippen molar-refractivity contribution in [2.45, 2.75) is 64.5 Å². The lowest BCUT2D eigenvalue weighted by molar-refractivity contribution is -0.137. The molecule has 0 saturated heterocycles. The van der Waals surface area contributed by atoms with Crippen molar-refractivity contribution in [3.8, 4) is 0 Å². The van der Waals surface area contributed by atoms with E-state index >= 15 is 0 Å². The minimum absolute atomic E-state index is 0.0378. The maximum Gasteiger partial charge on any atom is 0.407 e. The molecule has 0 aliphatic heterocycles. The fourth-order valence-corrected chi connectivity index (χ4v) is 2.34. The molecule has 0 aromatic rings. The third kappa shape index (κ3) is 5.38. The Morgan fingerprint density at radius 3 is 2.33 bits per heavy atom. The van der Waals surface area contributed by atoms with Gasteiger partial charge in [-0.1, -0.05) is 12.8 Å². The molecule has 1 fully saturated rings. The predicted molar refractivity (Wildman–Crippen MR) is 67.4 cm³/mol. The molecule has 0 radical (unpaired) electrons. The molecule has 1 atom stereocenters. The zero-order chi connectivity index (χ0) is 13.8. The van der Waals surface area contributed by atoms with Crippen molar-refractivity contribution in [3.05, 3.63) is 0 Å². The zero-order valence-corrected chi connectivity index (χ0v) is 11.4. The Morgan fingerprint density at radius 1 is 1.33 bits per heavy atom. The SMILES string of the molecule is CC(C)(C)OC(=O)NC(CC(=O)O)C1CCCC1. The van der Waals surface area contributed by atoms with Crippen molar-refractivity contribution < 1.29 is 19.4 Å².